The smallest absolute Gasteiger partial charge is 0.344 e. The number of carboxylic acids is 1. The zero-order valence-electron chi connectivity index (χ0n) is 20.9. The molecule has 3 aromatic rings. The molecule has 0 radical (unpaired) electrons. The van der Waals surface area contributed by atoms with Gasteiger partial charge in [-0.1, -0.05) is 36.7 Å². The molecule has 1 heterocycles. The largest absolute Gasteiger partial charge is 0.479 e. The van der Waals surface area contributed by atoms with E-state index in [-0.39, 0.29) is 23.9 Å². The van der Waals surface area contributed by atoms with Crippen molar-refractivity contribution in [3.8, 4) is 5.75 Å². The molecule has 3 unspecified atom stereocenters. The molecule has 8 heteroatoms. The van der Waals surface area contributed by atoms with E-state index < -0.39 is 12.1 Å². The predicted octanol–water partition coefficient (Wildman–Crippen LogP) is 6.12. The number of amides is 2. The molecule has 7 nitrogen and oxygen atoms in total. The van der Waals surface area contributed by atoms with Crippen molar-refractivity contribution in [2.75, 3.05) is 9.80 Å². The summed E-state index contributed by atoms with van der Waals surface area (Å²) in [5.74, 6) is -0.931. The standard InChI is InChI=1S/C29H29ClN2O5/c1-4-27(29(35)36)37-23-15-9-20(10-16-23)28(34)31-18(2)17-26(24-7-5-6-8-25(24)31)32(19(3)33)22-13-11-21(30)12-14-22/h5-16,18,26-27H,4,17H2,1-3H3,(H,35,36). The van der Waals surface area contributed by atoms with Crippen LogP contribution in [0.25, 0.3) is 0 Å². The summed E-state index contributed by atoms with van der Waals surface area (Å²) in [5, 5.41) is 9.82. The van der Waals surface area contributed by atoms with E-state index in [2.05, 4.69) is 0 Å². The van der Waals surface area contributed by atoms with E-state index in [1.54, 1.807) is 53.1 Å². The van der Waals surface area contributed by atoms with Gasteiger partial charge in [-0.3, -0.25) is 9.59 Å². The summed E-state index contributed by atoms with van der Waals surface area (Å²) in [4.78, 5) is 41.3. The third-order valence-electron chi connectivity index (χ3n) is 6.56. The number of fused-ring (bicyclic) bond motifs is 1. The van der Waals surface area contributed by atoms with E-state index in [9.17, 15) is 19.5 Å². The van der Waals surface area contributed by atoms with Crippen molar-refractivity contribution in [1.29, 1.82) is 0 Å². The molecule has 37 heavy (non-hydrogen) atoms. The maximum atomic E-state index is 13.7. The fourth-order valence-electron chi connectivity index (χ4n) is 4.81. The van der Waals surface area contributed by atoms with Gasteiger partial charge in [0.15, 0.2) is 6.10 Å². The molecular formula is C29H29ClN2O5. The van der Waals surface area contributed by atoms with Gasteiger partial charge in [0, 0.05) is 34.9 Å². The number of para-hydroxylation sites is 1. The summed E-state index contributed by atoms with van der Waals surface area (Å²) in [7, 11) is 0. The number of carbonyl (C=O) groups is 3. The molecule has 192 valence electrons. The van der Waals surface area contributed by atoms with Gasteiger partial charge in [-0.2, -0.15) is 0 Å². The molecule has 0 bridgehead atoms. The lowest BCUT2D eigenvalue weighted by atomic mass is 9.89. The van der Waals surface area contributed by atoms with Crippen molar-refractivity contribution in [3.63, 3.8) is 0 Å². The number of ether oxygens (including phenoxy) is 1. The van der Waals surface area contributed by atoms with E-state index in [0.29, 0.717) is 29.2 Å². The van der Waals surface area contributed by atoms with Gasteiger partial charge >= 0.3 is 5.97 Å². The Labute approximate surface area is 221 Å². The first-order chi connectivity index (χ1) is 17.7. The van der Waals surface area contributed by atoms with E-state index in [1.165, 1.54) is 6.92 Å². The maximum absolute atomic E-state index is 13.7. The van der Waals surface area contributed by atoms with E-state index in [0.717, 1.165) is 16.9 Å². The van der Waals surface area contributed by atoms with Crippen LogP contribution in [0, 0.1) is 0 Å². The lowest BCUT2D eigenvalue weighted by Gasteiger charge is -2.43. The number of anilines is 2. The molecule has 1 N–H and O–H groups in total. The summed E-state index contributed by atoms with van der Waals surface area (Å²) in [6.07, 6.45) is -0.0764. The quantitative estimate of drug-likeness (QED) is 0.406. The van der Waals surface area contributed by atoms with Crippen LogP contribution in [0.3, 0.4) is 0 Å². The molecule has 0 fully saturated rings. The molecule has 1 aliphatic heterocycles. The Morgan fingerprint density at radius 1 is 1.05 bits per heavy atom. The van der Waals surface area contributed by atoms with Crippen molar-refractivity contribution in [1.82, 2.24) is 0 Å². The average Bonchev–Trinajstić information content (AvgIpc) is 2.88. The molecule has 3 atom stereocenters. The number of aliphatic carboxylic acids is 1. The van der Waals surface area contributed by atoms with Gasteiger partial charge in [0.1, 0.15) is 5.75 Å². The predicted molar refractivity (Wildman–Crippen MR) is 143 cm³/mol. The first-order valence-corrected chi connectivity index (χ1v) is 12.6. The Hall–Kier alpha value is -3.84. The van der Waals surface area contributed by atoms with E-state index in [4.69, 9.17) is 16.3 Å². The first-order valence-electron chi connectivity index (χ1n) is 12.2. The molecule has 0 aliphatic carbocycles. The van der Waals surface area contributed by atoms with Crippen molar-refractivity contribution in [3.05, 3.63) is 88.9 Å². The Kier molecular flexibility index (Phi) is 7.83. The highest BCUT2D eigenvalue weighted by molar-refractivity contribution is 6.30. The molecule has 0 saturated heterocycles. The average molecular weight is 521 g/mol. The molecule has 4 rings (SSSR count). The molecule has 0 saturated carbocycles. The van der Waals surface area contributed by atoms with Crippen LogP contribution in [0.5, 0.6) is 5.75 Å². The monoisotopic (exact) mass is 520 g/mol. The second-order valence-corrected chi connectivity index (χ2v) is 9.51. The molecule has 0 aromatic heterocycles. The van der Waals surface area contributed by atoms with Crippen molar-refractivity contribution in [2.24, 2.45) is 0 Å². The topological polar surface area (TPSA) is 87.2 Å². The van der Waals surface area contributed by atoms with E-state index >= 15 is 0 Å². The Morgan fingerprint density at radius 2 is 1.70 bits per heavy atom. The van der Waals surface area contributed by atoms with Gasteiger partial charge in [0.2, 0.25) is 5.91 Å². The summed E-state index contributed by atoms with van der Waals surface area (Å²) in [5.41, 5.74) is 2.82. The summed E-state index contributed by atoms with van der Waals surface area (Å²) in [6.45, 7) is 5.24. The van der Waals surface area contributed by atoms with Crippen LogP contribution < -0.4 is 14.5 Å². The second-order valence-electron chi connectivity index (χ2n) is 9.08. The zero-order chi connectivity index (χ0) is 26.7. The number of halogens is 1. The van der Waals surface area contributed by atoms with Crippen molar-refractivity contribution < 1.29 is 24.2 Å². The number of benzene rings is 3. The van der Waals surface area contributed by atoms with Crippen LogP contribution in [-0.4, -0.2) is 35.0 Å². The van der Waals surface area contributed by atoms with Gasteiger partial charge in [-0.15, -0.1) is 0 Å². The minimum atomic E-state index is -1.03. The number of carbonyl (C=O) groups excluding carboxylic acids is 2. The molecule has 2 amide bonds. The normalized spacial score (nSPS) is 17.5. The number of hydrogen-bond acceptors (Lipinski definition) is 4. The number of nitrogens with zero attached hydrogens (tertiary/aromatic N) is 2. The fourth-order valence-corrected chi connectivity index (χ4v) is 4.93. The van der Waals surface area contributed by atoms with Gasteiger partial charge < -0.3 is 19.6 Å². The van der Waals surface area contributed by atoms with Crippen LogP contribution >= 0.6 is 11.6 Å². The fraction of sp³-hybridized carbons (Fsp3) is 0.276. The SMILES string of the molecule is CCC(Oc1ccc(C(=O)N2c3ccccc3C(N(C(C)=O)c3ccc(Cl)cc3)CC2C)cc1)C(=O)O. The third-order valence-corrected chi connectivity index (χ3v) is 6.81. The summed E-state index contributed by atoms with van der Waals surface area (Å²) >= 11 is 6.07. The molecule has 0 spiro atoms. The minimum Gasteiger partial charge on any atom is -0.479 e. The van der Waals surface area contributed by atoms with Crippen molar-refractivity contribution in [2.45, 2.75) is 51.8 Å². The number of rotatable bonds is 7. The van der Waals surface area contributed by atoms with Gasteiger partial charge in [0.25, 0.3) is 5.91 Å². The Morgan fingerprint density at radius 3 is 2.30 bits per heavy atom. The highest BCUT2D eigenvalue weighted by atomic mass is 35.5. The lowest BCUT2D eigenvalue weighted by Crippen LogP contribution is -2.47. The second kappa shape index (κ2) is 11.0. The highest BCUT2D eigenvalue weighted by Crippen LogP contribution is 2.43. The summed E-state index contributed by atoms with van der Waals surface area (Å²) in [6, 6.07) is 20.8. The minimum absolute atomic E-state index is 0.101. The van der Waals surface area contributed by atoms with Gasteiger partial charge in [-0.25, -0.2) is 4.79 Å². The van der Waals surface area contributed by atoms with Gasteiger partial charge in [-0.05, 0) is 79.9 Å². The molecular weight excluding hydrogens is 492 g/mol. The molecule has 3 aromatic carbocycles. The number of carboxylic acid groups (broad SMARTS) is 1. The first kappa shape index (κ1) is 26.2. The van der Waals surface area contributed by atoms with Crippen LogP contribution in [0.1, 0.15) is 55.6 Å². The van der Waals surface area contributed by atoms with Crippen molar-refractivity contribution >= 4 is 40.8 Å². The van der Waals surface area contributed by atoms with Crippen LogP contribution in [0.2, 0.25) is 5.02 Å². The lowest BCUT2D eigenvalue weighted by molar-refractivity contribution is -0.145. The Bertz CT molecular complexity index is 1290. The van der Waals surface area contributed by atoms with Crippen LogP contribution in [0.15, 0.2) is 72.8 Å². The van der Waals surface area contributed by atoms with Crippen LogP contribution in [0.4, 0.5) is 11.4 Å². The highest BCUT2D eigenvalue weighted by Gasteiger charge is 2.38. The Balaban J connectivity index is 1.65. The number of hydrogen-bond donors (Lipinski definition) is 1. The van der Waals surface area contributed by atoms with Crippen LogP contribution in [-0.2, 0) is 9.59 Å². The van der Waals surface area contributed by atoms with Gasteiger partial charge in [0.05, 0.1) is 6.04 Å². The van der Waals surface area contributed by atoms with E-state index in [1.807, 2.05) is 43.3 Å². The summed E-state index contributed by atoms with van der Waals surface area (Å²) < 4.78 is 5.52. The maximum Gasteiger partial charge on any atom is 0.344 e. The third kappa shape index (κ3) is 5.47. The molecule has 1 aliphatic rings. The zero-order valence-corrected chi connectivity index (χ0v) is 21.7.